The lowest BCUT2D eigenvalue weighted by atomic mass is 10.2. The van der Waals surface area contributed by atoms with Gasteiger partial charge in [0.25, 0.3) is 0 Å². The third-order valence-corrected chi connectivity index (χ3v) is 4.31. The molecule has 3 nitrogen and oxygen atoms in total. The van der Waals surface area contributed by atoms with E-state index in [1.54, 1.807) is 11.8 Å². The zero-order valence-electron chi connectivity index (χ0n) is 9.99. The summed E-state index contributed by atoms with van der Waals surface area (Å²) < 4.78 is 6.63. The number of ketones is 1. The number of carbonyl (C=O) groups is 1. The Hall–Kier alpha value is -0.680. The molecule has 0 radical (unpaired) electrons. The molecule has 0 aliphatic carbocycles. The number of anilines is 1. The van der Waals surface area contributed by atoms with Gasteiger partial charge in [-0.3, -0.25) is 4.79 Å². The largest absolute Gasteiger partial charge is 0.487 e. The SMILES string of the molecule is CCC(=O)c1sc(SC)c(OC(C)C)c1N. The average molecular weight is 259 g/mol. The lowest BCUT2D eigenvalue weighted by molar-refractivity contribution is 0.0992. The normalized spacial score (nSPS) is 10.8. The van der Waals surface area contributed by atoms with Crippen LogP contribution >= 0.6 is 23.1 Å². The first-order valence-electron chi connectivity index (χ1n) is 5.17. The highest BCUT2D eigenvalue weighted by Gasteiger charge is 2.21. The minimum absolute atomic E-state index is 0.0624. The van der Waals surface area contributed by atoms with Crippen LogP contribution in [-0.4, -0.2) is 18.1 Å². The Morgan fingerprint density at radius 2 is 2.19 bits per heavy atom. The van der Waals surface area contributed by atoms with Crippen LogP contribution in [0.1, 0.15) is 36.9 Å². The number of nitrogen functional groups attached to an aromatic ring is 1. The summed E-state index contributed by atoms with van der Waals surface area (Å²) in [6, 6.07) is 0. The summed E-state index contributed by atoms with van der Waals surface area (Å²) in [6.07, 6.45) is 2.49. The molecule has 1 heterocycles. The Kier molecular flexibility index (Phi) is 4.68. The molecule has 0 atom stereocenters. The molecular weight excluding hydrogens is 242 g/mol. The van der Waals surface area contributed by atoms with Crippen LogP contribution in [0.3, 0.4) is 0 Å². The van der Waals surface area contributed by atoms with E-state index >= 15 is 0 Å². The molecule has 90 valence electrons. The first-order chi connectivity index (χ1) is 7.51. The standard InChI is InChI=1S/C11H17NO2S2/c1-5-7(13)10-8(12)9(14-6(2)3)11(15-4)16-10/h6H,5,12H2,1-4H3. The van der Waals surface area contributed by atoms with Gasteiger partial charge in [-0.2, -0.15) is 0 Å². The lowest BCUT2D eigenvalue weighted by Crippen LogP contribution is -2.07. The van der Waals surface area contributed by atoms with E-state index in [4.69, 9.17) is 10.5 Å². The Labute approximate surface area is 104 Å². The van der Waals surface area contributed by atoms with Crippen LogP contribution in [0, 0.1) is 0 Å². The summed E-state index contributed by atoms with van der Waals surface area (Å²) in [5, 5.41) is 0. The topological polar surface area (TPSA) is 52.3 Å². The molecule has 0 unspecified atom stereocenters. The van der Waals surface area contributed by atoms with Gasteiger partial charge in [-0.1, -0.05) is 6.92 Å². The number of hydrogen-bond acceptors (Lipinski definition) is 5. The highest BCUT2D eigenvalue weighted by Crippen LogP contribution is 2.44. The maximum absolute atomic E-state index is 11.7. The van der Waals surface area contributed by atoms with E-state index in [1.165, 1.54) is 11.3 Å². The van der Waals surface area contributed by atoms with E-state index in [2.05, 4.69) is 0 Å². The molecule has 0 saturated carbocycles. The average Bonchev–Trinajstić information content (AvgIpc) is 2.55. The Balaban J connectivity index is 3.15. The zero-order valence-corrected chi connectivity index (χ0v) is 11.6. The van der Waals surface area contributed by atoms with Crippen LogP contribution in [-0.2, 0) is 0 Å². The lowest BCUT2D eigenvalue weighted by Gasteiger charge is -2.10. The van der Waals surface area contributed by atoms with Gasteiger partial charge in [-0.25, -0.2) is 0 Å². The summed E-state index contributed by atoms with van der Waals surface area (Å²) >= 11 is 2.99. The van der Waals surface area contributed by atoms with Crippen molar-refractivity contribution in [3.63, 3.8) is 0 Å². The summed E-state index contributed by atoms with van der Waals surface area (Å²) in [7, 11) is 0. The van der Waals surface area contributed by atoms with Gasteiger partial charge in [0.2, 0.25) is 0 Å². The highest BCUT2D eigenvalue weighted by molar-refractivity contribution is 8.00. The molecule has 1 rings (SSSR count). The number of Topliss-reactive ketones (excluding diaryl/α,β-unsaturated/α-hetero) is 1. The van der Waals surface area contributed by atoms with Crippen LogP contribution < -0.4 is 10.5 Å². The molecule has 0 spiro atoms. The molecule has 1 aromatic heterocycles. The number of thioether (sulfide) groups is 1. The molecule has 0 aliphatic heterocycles. The molecule has 16 heavy (non-hydrogen) atoms. The van der Waals surface area contributed by atoms with Crippen LogP contribution in [0.5, 0.6) is 5.75 Å². The third-order valence-electron chi connectivity index (χ3n) is 1.98. The second-order valence-electron chi connectivity index (χ2n) is 3.61. The van der Waals surface area contributed by atoms with Crippen molar-refractivity contribution >= 4 is 34.6 Å². The van der Waals surface area contributed by atoms with Gasteiger partial charge in [0.1, 0.15) is 4.21 Å². The molecule has 2 N–H and O–H groups in total. The summed E-state index contributed by atoms with van der Waals surface area (Å²) in [5.41, 5.74) is 6.45. The molecule has 0 aromatic carbocycles. The maximum atomic E-state index is 11.7. The van der Waals surface area contributed by atoms with Gasteiger partial charge in [0.15, 0.2) is 11.5 Å². The second kappa shape index (κ2) is 5.59. The van der Waals surface area contributed by atoms with E-state index in [-0.39, 0.29) is 11.9 Å². The monoisotopic (exact) mass is 259 g/mol. The molecule has 0 bridgehead atoms. The van der Waals surface area contributed by atoms with Crippen molar-refractivity contribution < 1.29 is 9.53 Å². The Bertz CT molecular complexity index is 386. The van der Waals surface area contributed by atoms with E-state index in [0.717, 1.165) is 4.21 Å². The quantitative estimate of drug-likeness (QED) is 0.650. The van der Waals surface area contributed by atoms with Crippen molar-refractivity contribution in [1.82, 2.24) is 0 Å². The summed E-state index contributed by atoms with van der Waals surface area (Å²) in [4.78, 5) is 12.3. The van der Waals surface area contributed by atoms with Gasteiger partial charge in [-0.05, 0) is 20.1 Å². The fourth-order valence-electron chi connectivity index (χ4n) is 1.26. The zero-order chi connectivity index (χ0) is 12.3. The van der Waals surface area contributed by atoms with Gasteiger partial charge in [0.05, 0.1) is 16.7 Å². The second-order valence-corrected chi connectivity index (χ2v) is 5.70. The maximum Gasteiger partial charge on any atom is 0.174 e. The van der Waals surface area contributed by atoms with Crippen molar-refractivity contribution in [1.29, 1.82) is 0 Å². The van der Waals surface area contributed by atoms with Crippen LogP contribution in [0.25, 0.3) is 0 Å². The summed E-state index contributed by atoms with van der Waals surface area (Å²) in [5.74, 6) is 0.751. The number of nitrogens with two attached hydrogens (primary N) is 1. The molecular formula is C11H17NO2S2. The Morgan fingerprint density at radius 1 is 1.56 bits per heavy atom. The molecule has 0 fully saturated rings. The molecule has 0 amide bonds. The van der Waals surface area contributed by atoms with E-state index in [0.29, 0.717) is 22.7 Å². The Morgan fingerprint density at radius 3 is 2.62 bits per heavy atom. The molecule has 0 saturated heterocycles. The van der Waals surface area contributed by atoms with Crippen LogP contribution in [0.4, 0.5) is 5.69 Å². The first kappa shape index (κ1) is 13.4. The predicted molar refractivity (Wildman–Crippen MR) is 70.9 cm³/mol. The van der Waals surface area contributed by atoms with Crippen molar-refractivity contribution in [2.24, 2.45) is 0 Å². The highest BCUT2D eigenvalue weighted by atomic mass is 32.2. The molecule has 1 aromatic rings. The number of thiophene rings is 1. The molecule has 0 aliphatic rings. The number of hydrogen-bond donors (Lipinski definition) is 1. The van der Waals surface area contributed by atoms with Gasteiger partial charge in [0, 0.05) is 6.42 Å². The van der Waals surface area contributed by atoms with E-state index in [9.17, 15) is 4.79 Å². The van der Waals surface area contributed by atoms with Gasteiger partial charge < -0.3 is 10.5 Å². The first-order valence-corrected chi connectivity index (χ1v) is 7.21. The minimum Gasteiger partial charge on any atom is -0.487 e. The number of carbonyl (C=O) groups excluding carboxylic acids is 1. The van der Waals surface area contributed by atoms with Crippen molar-refractivity contribution in [2.75, 3.05) is 12.0 Å². The van der Waals surface area contributed by atoms with Gasteiger partial charge in [-0.15, -0.1) is 23.1 Å². The predicted octanol–water partition coefficient (Wildman–Crippen LogP) is 3.43. The van der Waals surface area contributed by atoms with E-state index in [1.807, 2.05) is 27.0 Å². The van der Waals surface area contributed by atoms with Crippen molar-refractivity contribution in [3.8, 4) is 5.75 Å². The van der Waals surface area contributed by atoms with Crippen LogP contribution in [0.15, 0.2) is 4.21 Å². The fraction of sp³-hybridized carbons (Fsp3) is 0.545. The van der Waals surface area contributed by atoms with Crippen molar-refractivity contribution in [2.45, 2.75) is 37.5 Å². The summed E-state index contributed by atoms with van der Waals surface area (Å²) in [6.45, 7) is 5.73. The van der Waals surface area contributed by atoms with Crippen LogP contribution in [0.2, 0.25) is 0 Å². The van der Waals surface area contributed by atoms with Gasteiger partial charge >= 0.3 is 0 Å². The number of rotatable bonds is 5. The third kappa shape index (κ3) is 2.71. The smallest absolute Gasteiger partial charge is 0.174 e. The number of ether oxygens (including phenoxy) is 1. The molecule has 5 heteroatoms. The van der Waals surface area contributed by atoms with Crippen molar-refractivity contribution in [3.05, 3.63) is 4.88 Å². The minimum atomic E-state index is 0.0624. The van der Waals surface area contributed by atoms with E-state index < -0.39 is 0 Å². The fourth-order valence-corrected chi connectivity index (χ4v) is 3.08.